The highest BCUT2D eigenvalue weighted by molar-refractivity contribution is 9.10. The van der Waals surface area contributed by atoms with Crippen molar-refractivity contribution in [2.75, 3.05) is 6.61 Å². The first-order valence-electron chi connectivity index (χ1n) is 5.67. The third-order valence-electron chi connectivity index (χ3n) is 1.99. The number of carbonyl (C=O) groups excluding carboxylic acids is 1. The molecule has 0 saturated heterocycles. The maximum Gasteiger partial charge on any atom is 0.308 e. The van der Waals surface area contributed by atoms with Crippen LogP contribution in [0, 0.1) is 0 Å². The summed E-state index contributed by atoms with van der Waals surface area (Å²) < 4.78 is 11.2. The molecule has 1 aromatic rings. The number of nitrogens with zero attached hydrogens (tertiary/aromatic N) is 1. The molecular formula is C12H14BrN3O3S. The molecular weight excluding hydrogens is 346 g/mol. The smallest absolute Gasteiger partial charge is 0.308 e. The Morgan fingerprint density at radius 1 is 1.55 bits per heavy atom. The number of halogens is 1. The lowest BCUT2D eigenvalue weighted by Gasteiger charge is -2.11. The zero-order chi connectivity index (χ0) is 15.1. The lowest BCUT2D eigenvalue weighted by atomic mass is 10.2. The predicted molar refractivity (Wildman–Crippen MR) is 84.1 cm³/mol. The number of hydrazone groups is 1. The van der Waals surface area contributed by atoms with Crippen LogP contribution in [0.2, 0.25) is 0 Å². The minimum absolute atomic E-state index is 0.0685. The average molecular weight is 360 g/mol. The lowest BCUT2D eigenvalue weighted by molar-refractivity contribution is -0.132. The summed E-state index contributed by atoms with van der Waals surface area (Å²) >= 11 is 8.00. The molecule has 0 fully saturated rings. The van der Waals surface area contributed by atoms with Crippen molar-refractivity contribution in [3.8, 4) is 11.5 Å². The standard InChI is InChI=1S/C12H14BrN3O3S/c1-3-18-10-4-8(6-15-16-12(14)20)9(13)5-11(10)19-7(2)17/h4-6H,3H2,1-2H3,(H3,14,16,20)/b15-6+. The zero-order valence-electron chi connectivity index (χ0n) is 11.0. The fourth-order valence-corrected chi connectivity index (χ4v) is 1.80. The Morgan fingerprint density at radius 3 is 2.80 bits per heavy atom. The van der Waals surface area contributed by atoms with Gasteiger partial charge in [0.2, 0.25) is 0 Å². The van der Waals surface area contributed by atoms with Gasteiger partial charge in [-0.1, -0.05) is 0 Å². The normalized spacial score (nSPS) is 10.3. The number of benzene rings is 1. The molecule has 0 saturated carbocycles. The van der Waals surface area contributed by atoms with Crippen LogP contribution in [0.4, 0.5) is 0 Å². The van der Waals surface area contributed by atoms with Gasteiger partial charge in [0.05, 0.1) is 12.8 Å². The monoisotopic (exact) mass is 359 g/mol. The second kappa shape index (κ2) is 7.81. The first kappa shape index (κ1) is 16.4. The molecule has 1 rings (SSSR count). The summed E-state index contributed by atoms with van der Waals surface area (Å²) in [6.45, 7) is 3.60. The number of nitrogens with one attached hydrogen (secondary N) is 1. The van der Waals surface area contributed by atoms with Crippen molar-refractivity contribution in [1.29, 1.82) is 0 Å². The molecule has 8 heteroatoms. The number of hydrogen-bond acceptors (Lipinski definition) is 5. The minimum atomic E-state index is -0.422. The molecule has 20 heavy (non-hydrogen) atoms. The highest BCUT2D eigenvalue weighted by Gasteiger charge is 2.11. The summed E-state index contributed by atoms with van der Waals surface area (Å²) in [6, 6.07) is 3.32. The van der Waals surface area contributed by atoms with Gasteiger partial charge in [0, 0.05) is 17.0 Å². The summed E-state index contributed by atoms with van der Waals surface area (Å²) in [5.41, 5.74) is 8.43. The molecule has 0 atom stereocenters. The molecule has 6 nitrogen and oxygen atoms in total. The summed E-state index contributed by atoms with van der Waals surface area (Å²) in [5.74, 6) is 0.364. The maximum atomic E-state index is 11.1. The van der Waals surface area contributed by atoms with Crippen molar-refractivity contribution in [1.82, 2.24) is 5.43 Å². The number of hydrogen-bond donors (Lipinski definition) is 2. The van der Waals surface area contributed by atoms with Gasteiger partial charge in [0.1, 0.15) is 0 Å². The van der Waals surface area contributed by atoms with Crippen molar-refractivity contribution in [3.05, 3.63) is 22.2 Å². The summed E-state index contributed by atoms with van der Waals surface area (Å²) in [5, 5.41) is 3.93. The first-order chi connectivity index (χ1) is 9.43. The molecule has 0 amide bonds. The average Bonchev–Trinajstić information content (AvgIpc) is 2.33. The Kier molecular flexibility index (Phi) is 6.40. The topological polar surface area (TPSA) is 85.9 Å². The number of thiocarbonyl (C=S) groups is 1. The summed E-state index contributed by atoms with van der Waals surface area (Å²) in [6.07, 6.45) is 1.52. The second-order valence-corrected chi connectivity index (χ2v) is 4.88. The molecule has 0 bridgehead atoms. The quantitative estimate of drug-likeness (QED) is 0.274. The largest absolute Gasteiger partial charge is 0.490 e. The van der Waals surface area contributed by atoms with Crippen molar-refractivity contribution < 1.29 is 14.3 Å². The van der Waals surface area contributed by atoms with E-state index in [9.17, 15) is 4.79 Å². The highest BCUT2D eigenvalue weighted by Crippen LogP contribution is 2.33. The maximum absolute atomic E-state index is 11.1. The molecule has 1 aromatic carbocycles. The van der Waals surface area contributed by atoms with E-state index in [0.29, 0.717) is 28.1 Å². The fraction of sp³-hybridized carbons (Fsp3) is 0.250. The number of esters is 1. The van der Waals surface area contributed by atoms with Gasteiger partial charge < -0.3 is 15.2 Å². The molecule has 0 heterocycles. The van der Waals surface area contributed by atoms with Gasteiger partial charge in [-0.25, -0.2) is 0 Å². The van der Waals surface area contributed by atoms with Crippen LogP contribution in [0.1, 0.15) is 19.4 Å². The van der Waals surface area contributed by atoms with E-state index in [2.05, 4.69) is 38.7 Å². The minimum Gasteiger partial charge on any atom is -0.490 e. The molecule has 0 aliphatic carbocycles. The van der Waals surface area contributed by atoms with E-state index in [4.69, 9.17) is 15.2 Å². The van der Waals surface area contributed by atoms with E-state index in [1.165, 1.54) is 13.1 Å². The third kappa shape index (κ3) is 5.14. The van der Waals surface area contributed by atoms with Crippen LogP contribution in [0.5, 0.6) is 11.5 Å². The number of carbonyl (C=O) groups is 1. The molecule has 3 N–H and O–H groups in total. The number of rotatable bonds is 5. The zero-order valence-corrected chi connectivity index (χ0v) is 13.4. The lowest BCUT2D eigenvalue weighted by Crippen LogP contribution is -2.24. The predicted octanol–water partition coefficient (Wildman–Crippen LogP) is 1.94. The van der Waals surface area contributed by atoms with Gasteiger partial charge in [0.25, 0.3) is 0 Å². The summed E-state index contributed by atoms with van der Waals surface area (Å²) in [4.78, 5) is 11.1. The molecule has 108 valence electrons. The van der Waals surface area contributed by atoms with Gasteiger partial charge >= 0.3 is 5.97 Å². The molecule has 0 aromatic heterocycles. The van der Waals surface area contributed by atoms with Crippen LogP contribution < -0.4 is 20.6 Å². The van der Waals surface area contributed by atoms with Crippen LogP contribution in [0.3, 0.4) is 0 Å². The number of ether oxygens (including phenoxy) is 2. The van der Waals surface area contributed by atoms with Crippen molar-refractivity contribution >= 4 is 45.4 Å². The molecule has 0 aliphatic rings. The van der Waals surface area contributed by atoms with Crippen molar-refractivity contribution in [2.45, 2.75) is 13.8 Å². The Morgan fingerprint density at radius 2 is 2.25 bits per heavy atom. The molecule has 0 radical (unpaired) electrons. The SMILES string of the molecule is CCOc1cc(/C=N/NC(N)=S)c(Br)cc1OC(C)=O. The van der Waals surface area contributed by atoms with Crippen LogP contribution in [0.25, 0.3) is 0 Å². The molecule has 0 spiro atoms. The van der Waals surface area contributed by atoms with Crippen molar-refractivity contribution in [2.24, 2.45) is 10.8 Å². The number of nitrogens with two attached hydrogens (primary N) is 1. The van der Waals surface area contributed by atoms with Crippen LogP contribution in [-0.4, -0.2) is 23.9 Å². The van der Waals surface area contributed by atoms with Crippen molar-refractivity contribution in [3.63, 3.8) is 0 Å². The van der Waals surface area contributed by atoms with E-state index in [1.54, 1.807) is 12.1 Å². The molecule has 0 aliphatic heterocycles. The van der Waals surface area contributed by atoms with Gasteiger partial charge in [-0.05, 0) is 47.2 Å². The Labute approximate surface area is 130 Å². The van der Waals surface area contributed by atoms with E-state index >= 15 is 0 Å². The van der Waals surface area contributed by atoms with E-state index in [0.717, 1.165) is 0 Å². The van der Waals surface area contributed by atoms with Gasteiger partial charge in [-0.2, -0.15) is 5.10 Å². The third-order valence-corrected chi connectivity index (χ3v) is 2.77. The van der Waals surface area contributed by atoms with Gasteiger partial charge in [0.15, 0.2) is 16.6 Å². The van der Waals surface area contributed by atoms with E-state index in [1.807, 2.05) is 6.92 Å². The summed E-state index contributed by atoms with van der Waals surface area (Å²) in [7, 11) is 0. The van der Waals surface area contributed by atoms with Crippen LogP contribution >= 0.6 is 28.1 Å². The fourth-order valence-electron chi connectivity index (χ4n) is 1.32. The Balaban J connectivity index is 3.08. The van der Waals surface area contributed by atoms with Crippen LogP contribution in [-0.2, 0) is 4.79 Å². The Hall–Kier alpha value is -1.67. The van der Waals surface area contributed by atoms with Gasteiger partial charge in [-0.15, -0.1) is 0 Å². The van der Waals surface area contributed by atoms with E-state index in [-0.39, 0.29) is 5.11 Å². The second-order valence-electron chi connectivity index (χ2n) is 3.58. The van der Waals surface area contributed by atoms with Crippen LogP contribution in [0.15, 0.2) is 21.7 Å². The van der Waals surface area contributed by atoms with Gasteiger partial charge in [-0.3, -0.25) is 10.2 Å². The first-order valence-corrected chi connectivity index (χ1v) is 6.87. The van der Waals surface area contributed by atoms with E-state index < -0.39 is 5.97 Å². The Bertz CT molecular complexity index is 549. The highest BCUT2D eigenvalue weighted by atomic mass is 79.9. The molecule has 0 unspecified atom stereocenters.